The fraction of sp³-hybridized carbons (Fsp3) is 0.0833. The van der Waals surface area contributed by atoms with E-state index in [-0.39, 0.29) is 16.8 Å². The Morgan fingerprint density at radius 1 is 1.00 bits per heavy atom. The molecule has 1 aliphatic heterocycles. The number of aliphatic hydroxyl groups is 1. The van der Waals surface area contributed by atoms with Gasteiger partial charge in [-0.15, -0.1) is 0 Å². The molecule has 1 saturated heterocycles. The van der Waals surface area contributed by atoms with E-state index in [0.29, 0.717) is 15.8 Å². The normalized spacial score (nSPS) is 17.6. The summed E-state index contributed by atoms with van der Waals surface area (Å²) >= 11 is 3.34. The fourth-order valence-corrected chi connectivity index (χ4v) is 4.19. The minimum Gasteiger partial charge on any atom is -0.507 e. The van der Waals surface area contributed by atoms with Gasteiger partial charge in [-0.25, -0.2) is 8.78 Å². The lowest BCUT2D eigenvalue weighted by molar-refractivity contribution is -0.132. The second kappa shape index (κ2) is 8.55. The van der Waals surface area contributed by atoms with Crippen molar-refractivity contribution < 1.29 is 28.2 Å². The topological polar surface area (TPSA) is 66.8 Å². The number of ether oxygens (including phenoxy) is 1. The molecule has 5 nitrogen and oxygen atoms in total. The summed E-state index contributed by atoms with van der Waals surface area (Å²) in [6.45, 7) is 0. The molecule has 3 aromatic rings. The summed E-state index contributed by atoms with van der Waals surface area (Å²) in [5, 5.41) is 11.1. The van der Waals surface area contributed by atoms with E-state index in [1.54, 1.807) is 48.5 Å². The van der Waals surface area contributed by atoms with Crippen LogP contribution in [0.1, 0.15) is 17.2 Å². The molecule has 0 saturated carbocycles. The van der Waals surface area contributed by atoms with Gasteiger partial charge >= 0.3 is 0 Å². The van der Waals surface area contributed by atoms with Crippen molar-refractivity contribution in [2.24, 2.45) is 0 Å². The first-order chi connectivity index (χ1) is 15.3. The summed E-state index contributed by atoms with van der Waals surface area (Å²) in [6, 6.07) is 15.2. The van der Waals surface area contributed by atoms with Gasteiger partial charge in [0.15, 0.2) is 11.6 Å². The molecular formula is C24H16BrF2NO4. The molecule has 0 spiro atoms. The van der Waals surface area contributed by atoms with Crippen LogP contribution < -0.4 is 9.64 Å². The second-order valence-electron chi connectivity index (χ2n) is 7.03. The molecule has 0 aliphatic carbocycles. The molecule has 0 aromatic heterocycles. The molecule has 3 aromatic carbocycles. The van der Waals surface area contributed by atoms with Crippen LogP contribution in [-0.2, 0) is 9.59 Å². The number of Topliss-reactive ketones (excluding diaryl/α,β-unsaturated/α-hetero) is 1. The number of benzene rings is 3. The van der Waals surface area contributed by atoms with Gasteiger partial charge < -0.3 is 9.84 Å². The van der Waals surface area contributed by atoms with Crippen molar-refractivity contribution in [2.75, 3.05) is 12.0 Å². The van der Waals surface area contributed by atoms with Gasteiger partial charge in [0, 0.05) is 17.3 Å². The summed E-state index contributed by atoms with van der Waals surface area (Å²) in [7, 11) is 1.49. The van der Waals surface area contributed by atoms with Crippen LogP contribution in [0.2, 0.25) is 0 Å². The summed E-state index contributed by atoms with van der Waals surface area (Å²) in [6.07, 6.45) is 0. The number of halogens is 3. The Kier molecular flexibility index (Phi) is 5.80. The minimum absolute atomic E-state index is 0.00480. The standard InChI is InChI=1S/C24H16BrF2NO4/c1-32-19-10-7-14(11-16(19)25)22(29)20-21(13-5-3-2-4-6-13)28(24(31)23(20)30)15-8-9-17(26)18(27)12-15/h2-12,21,29H,1H3/b22-20+. The van der Waals surface area contributed by atoms with E-state index in [4.69, 9.17) is 4.74 Å². The van der Waals surface area contributed by atoms with Gasteiger partial charge in [-0.2, -0.15) is 0 Å². The third-order valence-electron chi connectivity index (χ3n) is 5.17. The molecule has 1 heterocycles. The van der Waals surface area contributed by atoms with Crippen molar-refractivity contribution in [3.63, 3.8) is 0 Å². The third-order valence-corrected chi connectivity index (χ3v) is 5.79. The van der Waals surface area contributed by atoms with Gasteiger partial charge in [0.1, 0.15) is 11.5 Å². The molecule has 8 heteroatoms. The Hall–Kier alpha value is -3.52. The molecule has 4 rings (SSSR count). The second-order valence-corrected chi connectivity index (χ2v) is 7.88. The fourth-order valence-electron chi connectivity index (χ4n) is 3.65. The summed E-state index contributed by atoms with van der Waals surface area (Å²) < 4.78 is 33.2. The highest BCUT2D eigenvalue weighted by Gasteiger charge is 2.47. The summed E-state index contributed by atoms with van der Waals surface area (Å²) in [5.74, 6) is -4.01. The van der Waals surface area contributed by atoms with Crippen molar-refractivity contribution in [1.29, 1.82) is 0 Å². The molecule has 1 atom stereocenters. The zero-order chi connectivity index (χ0) is 23.0. The van der Waals surface area contributed by atoms with Crippen LogP contribution in [0, 0.1) is 11.6 Å². The number of nitrogens with zero attached hydrogens (tertiary/aromatic N) is 1. The van der Waals surface area contributed by atoms with E-state index < -0.39 is 35.1 Å². The van der Waals surface area contributed by atoms with Crippen LogP contribution >= 0.6 is 15.9 Å². The monoisotopic (exact) mass is 499 g/mol. The highest BCUT2D eigenvalue weighted by molar-refractivity contribution is 9.10. The number of carbonyl (C=O) groups is 2. The van der Waals surface area contributed by atoms with Gasteiger partial charge in [0.25, 0.3) is 11.7 Å². The number of hydrogen-bond donors (Lipinski definition) is 1. The maximum absolute atomic E-state index is 13.9. The van der Waals surface area contributed by atoms with Crippen LogP contribution in [0.25, 0.3) is 5.76 Å². The van der Waals surface area contributed by atoms with E-state index >= 15 is 0 Å². The molecule has 1 fully saturated rings. The SMILES string of the molecule is COc1ccc(/C(O)=C2\C(=O)C(=O)N(c3ccc(F)c(F)c3)C2c2ccccc2)cc1Br. The maximum Gasteiger partial charge on any atom is 0.300 e. The number of anilines is 1. The molecule has 0 radical (unpaired) electrons. The lowest BCUT2D eigenvalue weighted by Crippen LogP contribution is -2.29. The number of amides is 1. The number of ketones is 1. The average molecular weight is 500 g/mol. The smallest absolute Gasteiger partial charge is 0.300 e. The Balaban J connectivity index is 1.94. The molecule has 32 heavy (non-hydrogen) atoms. The Labute approximate surface area is 190 Å². The van der Waals surface area contributed by atoms with Gasteiger partial charge in [-0.1, -0.05) is 30.3 Å². The van der Waals surface area contributed by atoms with Gasteiger partial charge in [0.05, 0.1) is 23.2 Å². The van der Waals surface area contributed by atoms with Gasteiger partial charge in [-0.3, -0.25) is 14.5 Å². The number of methoxy groups -OCH3 is 1. The number of hydrogen-bond acceptors (Lipinski definition) is 4. The Bertz CT molecular complexity index is 1260. The van der Waals surface area contributed by atoms with E-state index in [9.17, 15) is 23.5 Å². The molecule has 1 N–H and O–H groups in total. The quantitative estimate of drug-likeness (QED) is 0.298. The van der Waals surface area contributed by atoms with Crippen LogP contribution in [0.3, 0.4) is 0 Å². The highest BCUT2D eigenvalue weighted by atomic mass is 79.9. The van der Waals surface area contributed by atoms with Gasteiger partial charge in [0.2, 0.25) is 0 Å². The van der Waals surface area contributed by atoms with E-state index in [1.165, 1.54) is 13.2 Å². The van der Waals surface area contributed by atoms with Crippen molar-refractivity contribution in [2.45, 2.75) is 6.04 Å². The zero-order valence-corrected chi connectivity index (χ0v) is 18.3. The number of rotatable bonds is 4. The van der Waals surface area contributed by atoms with Crippen LogP contribution in [0.4, 0.5) is 14.5 Å². The number of aliphatic hydroxyl groups excluding tert-OH is 1. The molecule has 0 bridgehead atoms. The Morgan fingerprint density at radius 2 is 1.72 bits per heavy atom. The van der Waals surface area contributed by atoms with Crippen LogP contribution in [0.5, 0.6) is 5.75 Å². The summed E-state index contributed by atoms with van der Waals surface area (Å²) in [4.78, 5) is 27.1. The first-order valence-corrected chi connectivity index (χ1v) is 10.3. The molecule has 162 valence electrons. The van der Waals surface area contributed by atoms with Crippen LogP contribution in [-0.4, -0.2) is 23.9 Å². The predicted molar refractivity (Wildman–Crippen MR) is 118 cm³/mol. The minimum atomic E-state index is -1.16. The average Bonchev–Trinajstić information content (AvgIpc) is 3.06. The van der Waals surface area contributed by atoms with E-state index in [1.807, 2.05) is 0 Å². The zero-order valence-electron chi connectivity index (χ0n) is 16.7. The first kappa shape index (κ1) is 21.7. The lowest BCUT2D eigenvalue weighted by Gasteiger charge is -2.25. The highest BCUT2D eigenvalue weighted by Crippen LogP contribution is 2.42. The van der Waals surface area contributed by atoms with E-state index in [2.05, 4.69) is 15.9 Å². The molecule has 1 aliphatic rings. The molecule has 1 amide bonds. The Morgan fingerprint density at radius 3 is 2.34 bits per heavy atom. The summed E-state index contributed by atoms with van der Waals surface area (Å²) in [5.41, 5.74) is 0.630. The van der Waals surface area contributed by atoms with Crippen molar-refractivity contribution in [3.05, 3.63) is 99.5 Å². The first-order valence-electron chi connectivity index (χ1n) is 9.48. The van der Waals surface area contributed by atoms with Crippen molar-refractivity contribution in [3.8, 4) is 5.75 Å². The molecule has 1 unspecified atom stereocenters. The predicted octanol–water partition coefficient (Wildman–Crippen LogP) is 5.36. The molecular weight excluding hydrogens is 484 g/mol. The lowest BCUT2D eigenvalue weighted by atomic mass is 9.95. The van der Waals surface area contributed by atoms with E-state index in [0.717, 1.165) is 17.0 Å². The van der Waals surface area contributed by atoms with Crippen LogP contribution in [0.15, 0.2) is 76.8 Å². The van der Waals surface area contributed by atoms with Crippen molar-refractivity contribution in [1.82, 2.24) is 0 Å². The van der Waals surface area contributed by atoms with Gasteiger partial charge in [-0.05, 0) is 51.8 Å². The van der Waals surface area contributed by atoms with Crippen molar-refractivity contribution >= 4 is 39.1 Å². The third kappa shape index (κ3) is 3.67. The maximum atomic E-state index is 13.9. The largest absolute Gasteiger partial charge is 0.507 e. The number of carbonyl (C=O) groups excluding carboxylic acids is 2.